The Labute approximate surface area is 128 Å². The van der Waals surface area contributed by atoms with Crippen molar-refractivity contribution < 1.29 is 19.8 Å². The first-order valence-electron chi connectivity index (χ1n) is 7.65. The number of carbonyl (C=O) groups is 2. The van der Waals surface area contributed by atoms with Crippen LogP contribution in [-0.2, 0) is 9.59 Å². The summed E-state index contributed by atoms with van der Waals surface area (Å²) in [7, 11) is 0. The minimum atomic E-state index is -1.06. The van der Waals surface area contributed by atoms with Crippen LogP contribution in [0.15, 0.2) is 11.3 Å². The number of hydrogen-bond acceptors (Lipinski definition) is 4. The lowest BCUT2D eigenvalue weighted by atomic mass is 9.82. The van der Waals surface area contributed by atoms with Crippen LogP contribution in [-0.4, -0.2) is 63.5 Å². The van der Waals surface area contributed by atoms with E-state index in [9.17, 15) is 19.8 Å². The zero-order valence-corrected chi connectivity index (χ0v) is 12.5. The summed E-state index contributed by atoms with van der Waals surface area (Å²) in [4.78, 5) is 26.9. The summed E-state index contributed by atoms with van der Waals surface area (Å²) in [5, 5.41) is 26.4. The highest BCUT2D eigenvalue weighted by molar-refractivity contribution is 5.99. The van der Waals surface area contributed by atoms with Crippen molar-refractivity contribution >= 4 is 18.2 Å². The van der Waals surface area contributed by atoms with Gasteiger partial charge in [0.15, 0.2) is 0 Å². The SMILES string of the molecule is C[C@@H](O)[C@H]1C(=O)N2C(C(=O)O)=C(CC3CCN(C=N)C3)C[C@H]12. The van der Waals surface area contributed by atoms with Crippen LogP contribution in [0.1, 0.15) is 26.2 Å². The van der Waals surface area contributed by atoms with Crippen LogP contribution in [0.5, 0.6) is 0 Å². The number of aliphatic hydroxyl groups is 1. The topological polar surface area (TPSA) is 105 Å². The number of carboxylic acids is 1. The quantitative estimate of drug-likeness (QED) is 0.384. The van der Waals surface area contributed by atoms with Crippen molar-refractivity contribution in [1.29, 1.82) is 5.41 Å². The summed E-state index contributed by atoms with van der Waals surface area (Å²) < 4.78 is 0. The molecule has 0 aromatic heterocycles. The van der Waals surface area contributed by atoms with Gasteiger partial charge in [0.1, 0.15) is 5.70 Å². The normalized spacial score (nSPS) is 32.1. The standard InChI is InChI=1S/C15H21N3O4/c1-8(19)12-11-5-10(4-9-2-3-17(6-9)7-16)13(15(21)22)18(11)14(12)20/h7-9,11-12,16,19H,2-6H2,1H3,(H,21,22)/t8-,9?,11-,12-/m1/s1. The first-order valence-corrected chi connectivity index (χ1v) is 7.65. The Morgan fingerprint density at radius 1 is 1.55 bits per heavy atom. The number of carbonyl (C=O) groups excluding carboxylic acids is 1. The molecule has 22 heavy (non-hydrogen) atoms. The number of rotatable bonds is 5. The molecule has 7 nitrogen and oxygen atoms in total. The summed E-state index contributed by atoms with van der Waals surface area (Å²) >= 11 is 0. The summed E-state index contributed by atoms with van der Waals surface area (Å²) in [6.45, 7) is 3.17. The molecule has 1 unspecified atom stereocenters. The number of nitrogens with one attached hydrogen (secondary N) is 1. The predicted molar refractivity (Wildman–Crippen MR) is 78.2 cm³/mol. The first-order chi connectivity index (χ1) is 10.4. The Kier molecular flexibility index (Phi) is 3.68. The van der Waals surface area contributed by atoms with E-state index in [1.807, 2.05) is 4.90 Å². The zero-order chi connectivity index (χ0) is 16.0. The fourth-order valence-electron chi connectivity index (χ4n) is 4.04. The van der Waals surface area contributed by atoms with Crippen molar-refractivity contribution in [3.8, 4) is 0 Å². The van der Waals surface area contributed by atoms with Gasteiger partial charge in [-0.2, -0.15) is 0 Å². The monoisotopic (exact) mass is 307 g/mol. The van der Waals surface area contributed by atoms with Crippen LogP contribution in [0.25, 0.3) is 0 Å². The maximum absolute atomic E-state index is 12.1. The predicted octanol–water partition coefficient (Wildman–Crippen LogP) is 0.256. The first kappa shape index (κ1) is 15.0. The Morgan fingerprint density at radius 3 is 2.82 bits per heavy atom. The second kappa shape index (κ2) is 5.39. The molecule has 0 saturated carbocycles. The maximum atomic E-state index is 12.1. The fourth-order valence-corrected chi connectivity index (χ4v) is 4.04. The summed E-state index contributed by atoms with van der Waals surface area (Å²) in [5.74, 6) is -1.49. The van der Waals surface area contributed by atoms with Crippen molar-refractivity contribution in [2.75, 3.05) is 13.1 Å². The largest absolute Gasteiger partial charge is 0.477 e. The molecule has 3 heterocycles. The highest BCUT2D eigenvalue weighted by Crippen LogP contribution is 2.45. The van der Waals surface area contributed by atoms with E-state index in [-0.39, 0.29) is 17.6 Å². The van der Waals surface area contributed by atoms with E-state index in [2.05, 4.69) is 0 Å². The third kappa shape index (κ3) is 2.20. The van der Waals surface area contributed by atoms with Gasteiger partial charge in [-0.25, -0.2) is 4.79 Å². The Balaban J connectivity index is 1.77. The van der Waals surface area contributed by atoms with E-state index in [1.54, 1.807) is 6.92 Å². The number of carboxylic acid groups (broad SMARTS) is 1. The van der Waals surface area contributed by atoms with Crippen molar-refractivity contribution in [3.63, 3.8) is 0 Å². The van der Waals surface area contributed by atoms with Crippen molar-refractivity contribution in [2.24, 2.45) is 11.8 Å². The Hall–Kier alpha value is -1.89. The fraction of sp³-hybridized carbons (Fsp3) is 0.667. The van der Waals surface area contributed by atoms with Gasteiger partial charge in [0.2, 0.25) is 5.91 Å². The van der Waals surface area contributed by atoms with Crippen LogP contribution in [0.2, 0.25) is 0 Å². The number of amides is 1. The second-order valence-corrected chi connectivity index (χ2v) is 6.49. The minimum Gasteiger partial charge on any atom is -0.477 e. The molecule has 0 spiro atoms. The number of aliphatic carboxylic acids is 1. The van der Waals surface area contributed by atoms with Gasteiger partial charge in [-0.3, -0.25) is 10.2 Å². The highest BCUT2D eigenvalue weighted by Gasteiger charge is 2.56. The third-order valence-corrected chi connectivity index (χ3v) is 5.06. The van der Waals surface area contributed by atoms with E-state index in [4.69, 9.17) is 5.41 Å². The molecule has 2 fully saturated rings. The van der Waals surface area contributed by atoms with Crippen molar-refractivity contribution in [1.82, 2.24) is 9.80 Å². The maximum Gasteiger partial charge on any atom is 0.352 e. The molecule has 4 atom stereocenters. The van der Waals surface area contributed by atoms with E-state index in [0.717, 1.165) is 25.1 Å². The van der Waals surface area contributed by atoms with Gasteiger partial charge in [0, 0.05) is 13.1 Å². The lowest BCUT2D eigenvalue weighted by Crippen LogP contribution is -2.61. The molecule has 3 aliphatic rings. The summed E-state index contributed by atoms with van der Waals surface area (Å²) in [5.41, 5.74) is 0.936. The molecule has 3 rings (SSSR count). The van der Waals surface area contributed by atoms with Crippen molar-refractivity contribution in [2.45, 2.75) is 38.3 Å². The molecule has 120 valence electrons. The smallest absolute Gasteiger partial charge is 0.352 e. The van der Waals surface area contributed by atoms with Gasteiger partial charge >= 0.3 is 5.97 Å². The molecule has 7 heteroatoms. The van der Waals surface area contributed by atoms with Gasteiger partial charge in [-0.05, 0) is 37.7 Å². The molecule has 2 saturated heterocycles. The molecule has 1 amide bonds. The molecular formula is C15H21N3O4. The van der Waals surface area contributed by atoms with Crippen LogP contribution in [0, 0.1) is 17.2 Å². The van der Waals surface area contributed by atoms with Crippen LogP contribution in [0.4, 0.5) is 0 Å². The van der Waals surface area contributed by atoms with Gasteiger partial charge in [0.05, 0.1) is 24.4 Å². The average molecular weight is 307 g/mol. The molecule has 3 aliphatic heterocycles. The number of fused-ring (bicyclic) bond motifs is 1. The average Bonchev–Trinajstić information content (AvgIpc) is 3.01. The van der Waals surface area contributed by atoms with Crippen LogP contribution < -0.4 is 0 Å². The minimum absolute atomic E-state index is 0.125. The van der Waals surface area contributed by atoms with Crippen molar-refractivity contribution in [3.05, 3.63) is 11.3 Å². The van der Waals surface area contributed by atoms with E-state index in [1.165, 1.54) is 11.2 Å². The van der Waals surface area contributed by atoms with Gasteiger partial charge in [-0.15, -0.1) is 0 Å². The molecular weight excluding hydrogens is 286 g/mol. The summed E-state index contributed by atoms with van der Waals surface area (Å²) in [6, 6.07) is -0.200. The second-order valence-electron chi connectivity index (χ2n) is 6.49. The van der Waals surface area contributed by atoms with Gasteiger partial charge in [-0.1, -0.05) is 0 Å². The zero-order valence-electron chi connectivity index (χ0n) is 12.5. The van der Waals surface area contributed by atoms with Gasteiger partial charge in [0.25, 0.3) is 0 Å². The lowest BCUT2D eigenvalue weighted by Gasteiger charge is -2.44. The summed E-state index contributed by atoms with van der Waals surface area (Å²) in [6.07, 6.45) is 2.71. The number of β-lactam (4-membered cyclic amide) rings is 1. The number of aliphatic hydroxyl groups excluding tert-OH is 1. The van der Waals surface area contributed by atoms with Crippen LogP contribution in [0.3, 0.4) is 0 Å². The number of hydrogen-bond donors (Lipinski definition) is 3. The van der Waals surface area contributed by atoms with E-state index < -0.39 is 18.0 Å². The Morgan fingerprint density at radius 2 is 2.27 bits per heavy atom. The van der Waals surface area contributed by atoms with Gasteiger partial charge < -0.3 is 20.0 Å². The number of likely N-dealkylation sites (tertiary alicyclic amines) is 1. The molecule has 0 radical (unpaired) electrons. The van der Waals surface area contributed by atoms with E-state index >= 15 is 0 Å². The molecule has 0 aliphatic carbocycles. The number of nitrogens with zero attached hydrogens (tertiary/aromatic N) is 2. The lowest BCUT2D eigenvalue weighted by molar-refractivity contribution is -0.161. The Bertz CT molecular complexity index is 557. The molecule has 0 aromatic rings. The van der Waals surface area contributed by atoms with Crippen LogP contribution >= 0.6 is 0 Å². The van der Waals surface area contributed by atoms with E-state index in [0.29, 0.717) is 18.8 Å². The highest BCUT2D eigenvalue weighted by atomic mass is 16.4. The third-order valence-electron chi connectivity index (χ3n) is 5.06. The molecule has 0 aromatic carbocycles. The molecule has 0 bridgehead atoms. The molecule has 3 N–H and O–H groups in total.